The smallest absolute Gasteiger partial charge is 0.348 e. The van der Waals surface area contributed by atoms with Crippen LogP contribution in [0.25, 0.3) is 0 Å². The first-order chi connectivity index (χ1) is 14.0. The lowest BCUT2D eigenvalue weighted by Gasteiger charge is -2.09. The van der Waals surface area contributed by atoms with E-state index >= 15 is 0 Å². The summed E-state index contributed by atoms with van der Waals surface area (Å²) in [5, 5.41) is 2.70. The Hall–Kier alpha value is -2.99. The topological polar surface area (TPSA) is 101 Å². The number of nitrogens with zero attached hydrogens (tertiary/aromatic N) is 2. The van der Waals surface area contributed by atoms with Crippen LogP contribution >= 0.6 is 11.5 Å². The molecule has 0 bridgehead atoms. The second-order valence-corrected chi connectivity index (χ2v) is 8.59. The number of amides is 1. The van der Waals surface area contributed by atoms with Gasteiger partial charge in [0.1, 0.15) is 5.82 Å². The van der Waals surface area contributed by atoms with Crippen LogP contribution < -0.4 is 10.0 Å². The van der Waals surface area contributed by atoms with Gasteiger partial charge in [0.05, 0.1) is 10.5 Å². The highest BCUT2D eigenvalue weighted by molar-refractivity contribution is 7.93. The fraction of sp³-hybridized carbons (Fsp3) is 0.167. The molecule has 0 saturated heterocycles. The van der Waals surface area contributed by atoms with E-state index in [2.05, 4.69) is 19.4 Å². The number of anilines is 1. The van der Waals surface area contributed by atoms with E-state index in [0.29, 0.717) is 11.4 Å². The van der Waals surface area contributed by atoms with Gasteiger partial charge in [0.15, 0.2) is 0 Å². The lowest BCUT2D eigenvalue weighted by atomic mass is 10.1. The van der Waals surface area contributed by atoms with E-state index in [1.807, 2.05) is 0 Å². The second-order valence-electron chi connectivity index (χ2n) is 6.15. The Morgan fingerprint density at radius 3 is 2.23 bits per heavy atom. The van der Waals surface area contributed by atoms with Gasteiger partial charge in [0, 0.05) is 23.6 Å². The molecule has 1 amide bonds. The third-order valence-electron chi connectivity index (χ3n) is 3.91. The number of hydrogen-bond donors (Lipinski definition) is 2. The Morgan fingerprint density at radius 1 is 1.07 bits per heavy atom. The molecule has 0 radical (unpaired) electrons. The predicted molar refractivity (Wildman–Crippen MR) is 105 cm³/mol. The molecule has 0 spiro atoms. The number of carbonyl (C=O) groups is 1. The average molecular weight is 456 g/mol. The number of aryl methyl sites for hydroxylation is 1. The van der Waals surface area contributed by atoms with Gasteiger partial charge in [-0.25, -0.2) is 13.4 Å². The van der Waals surface area contributed by atoms with Gasteiger partial charge < -0.3 is 5.32 Å². The standard InChI is InChI=1S/C18H15F3N4O3S2/c1-11-23-17(29-24-11)25-30(27,28)15-8-4-13(5-9-15)16(26)22-10-12-2-6-14(7-3-12)18(19,20)21/h2-9H,10H2,1H3,(H,22,26)(H,23,24,25). The van der Waals surface area contributed by atoms with Crippen LogP contribution in [0.5, 0.6) is 0 Å². The van der Waals surface area contributed by atoms with Crippen LogP contribution in [0.15, 0.2) is 53.4 Å². The minimum absolute atomic E-state index is 0.0228. The van der Waals surface area contributed by atoms with Gasteiger partial charge in [-0.15, -0.1) is 0 Å². The van der Waals surface area contributed by atoms with Crippen LogP contribution in [0, 0.1) is 6.92 Å². The molecule has 158 valence electrons. The van der Waals surface area contributed by atoms with Crippen molar-refractivity contribution in [2.45, 2.75) is 24.5 Å². The molecule has 0 atom stereocenters. The summed E-state index contributed by atoms with van der Waals surface area (Å²) < 4.78 is 68.6. The molecule has 0 saturated carbocycles. The molecule has 0 aliphatic heterocycles. The third-order valence-corrected chi connectivity index (χ3v) is 6.12. The van der Waals surface area contributed by atoms with Crippen molar-refractivity contribution in [1.82, 2.24) is 14.7 Å². The number of halogens is 3. The molecule has 3 aromatic rings. The maximum absolute atomic E-state index is 12.6. The van der Waals surface area contributed by atoms with Gasteiger partial charge in [0.2, 0.25) is 5.13 Å². The molecule has 12 heteroatoms. The zero-order chi connectivity index (χ0) is 21.9. The number of carbonyl (C=O) groups excluding carboxylic acids is 1. The molecule has 1 heterocycles. The Morgan fingerprint density at radius 2 is 1.70 bits per heavy atom. The number of aromatic nitrogens is 2. The minimum atomic E-state index is -4.42. The largest absolute Gasteiger partial charge is 0.416 e. The van der Waals surface area contributed by atoms with E-state index in [9.17, 15) is 26.4 Å². The molecule has 0 aliphatic carbocycles. The van der Waals surface area contributed by atoms with Crippen molar-refractivity contribution in [3.05, 3.63) is 71.0 Å². The summed E-state index contributed by atoms with van der Waals surface area (Å²) in [6, 6.07) is 9.64. The molecular weight excluding hydrogens is 441 g/mol. The summed E-state index contributed by atoms with van der Waals surface area (Å²) in [5.74, 6) is -0.0516. The van der Waals surface area contributed by atoms with Crippen LogP contribution in [-0.4, -0.2) is 23.7 Å². The first-order valence-corrected chi connectivity index (χ1v) is 10.7. The van der Waals surface area contributed by atoms with Gasteiger partial charge in [0.25, 0.3) is 15.9 Å². The van der Waals surface area contributed by atoms with Crippen molar-refractivity contribution in [2.24, 2.45) is 0 Å². The normalized spacial score (nSPS) is 11.9. The Labute approximate surface area is 174 Å². The van der Waals surface area contributed by atoms with Gasteiger partial charge in [-0.1, -0.05) is 12.1 Å². The first-order valence-electron chi connectivity index (χ1n) is 8.42. The maximum atomic E-state index is 12.6. The van der Waals surface area contributed by atoms with Crippen LogP contribution in [0.4, 0.5) is 18.3 Å². The first kappa shape index (κ1) is 21.7. The average Bonchev–Trinajstić information content (AvgIpc) is 3.09. The van der Waals surface area contributed by atoms with Crippen molar-refractivity contribution in [3.8, 4) is 0 Å². The molecule has 2 N–H and O–H groups in total. The fourth-order valence-corrected chi connectivity index (χ4v) is 4.19. The highest BCUT2D eigenvalue weighted by atomic mass is 32.2. The van der Waals surface area contributed by atoms with Crippen molar-refractivity contribution in [2.75, 3.05) is 4.72 Å². The van der Waals surface area contributed by atoms with E-state index in [-0.39, 0.29) is 22.1 Å². The Bertz CT molecular complexity index is 1140. The maximum Gasteiger partial charge on any atom is 0.416 e. The lowest BCUT2D eigenvalue weighted by molar-refractivity contribution is -0.137. The van der Waals surface area contributed by atoms with E-state index in [0.717, 1.165) is 23.7 Å². The Balaban J connectivity index is 1.62. The van der Waals surface area contributed by atoms with E-state index in [1.54, 1.807) is 6.92 Å². The van der Waals surface area contributed by atoms with Crippen LogP contribution in [-0.2, 0) is 22.7 Å². The number of nitrogens with one attached hydrogen (secondary N) is 2. The van der Waals surface area contributed by atoms with Gasteiger partial charge in [-0.3, -0.25) is 9.52 Å². The number of rotatable bonds is 6. The predicted octanol–water partition coefficient (Wildman–Crippen LogP) is 3.60. The number of alkyl halides is 3. The molecule has 2 aromatic carbocycles. The zero-order valence-corrected chi connectivity index (χ0v) is 17.0. The number of hydrogen-bond acceptors (Lipinski definition) is 6. The van der Waals surface area contributed by atoms with E-state index in [1.165, 1.54) is 36.4 Å². The molecule has 0 fully saturated rings. The van der Waals surface area contributed by atoms with Gasteiger partial charge in [-0.2, -0.15) is 17.5 Å². The van der Waals surface area contributed by atoms with Crippen molar-refractivity contribution >= 4 is 32.6 Å². The quantitative estimate of drug-likeness (QED) is 0.590. The fourth-order valence-electron chi connectivity index (χ4n) is 2.39. The Kier molecular flexibility index (Phi) is 6.08. The lowest BCUT2D eigenvalue weighted by Crippen LogP contribution is -2.23. The molecule has 0 unspecified atom stereocenters. The summed E-state index contributed by atoms with van der Waals surface area (Å²) in [7, 11) is -3.88. The second kappa shape index (κ2) is 8.40. The molecule has 7 nitrogen and oxygen atoms in total. The molecule has 1 aromatic heterocycles. The van der Waals surface area contributed by atoms with Crippen molar-refractivity contribution in [3.63, 3.8) is 0 Å². The summed E-state index contributed by atoms with van der Waals surface area (Å²) in [6.07, 6.45) is -4.42. The molecule has 30 heavy (non-hydrogen) atoms. The van der Waals surface area contributed by atoms with Crippen molar-refractivity contribution < 1.29 is 26.4 Å². The summed E-state index contributed by atoms with van der Waals surface area (Å²) in [4.78, 5) is 16.1. The number of benzene rings is 2. The van der Waals surface area contributed by atoms with Crippen LogP contribution in [0.2, 0.25) is 0 Å². The molecule has 0 aliphatic rings. The van der Waals surface area contributed by atoms with E-state index < -0.39 is 27.7 Å². The van der Waals surface area contributed by atoms with Crippen molar-refractivity contribution in [1.29, 1.82) is 0 Å². The minimum Gasteiger partial charge on any atom is -0.348 e. The molecule has 3 rings (SSSR count). The third kappa shape index (κ3) is 5.33. The zero-order valence-electron chi connectivity index (χ0n) is 15.4. The summed E-state index contributed by atoms with van der Waals surface area (Å²) >= 11 is 0.908. The highest BCUT2D eigenvalue weighted by Crippen LogP contribution is 2.29. The van der Waals surface area contributed by atoms with Crippen LogP contribution in [0.3, 0.4) is 0 Å². The van der Waals surface area contributed by atoms with E-state index in [4.69, 9.17) is 0 Å². The number of sulfonamides is 1. The van der Waals surface area contributed by atoms with Crippen LogP contribution in [0.1, 0.15) is 27.3 Å². The summed E-state index contributed by atoms with van der Waals surface area (Å²) in [5.41, 5.74) is -0.0774. The SMILES string of the molecule is Cc1nsc(NS(=O)(=O)c2ccc(C(=O)NCc3ccc(C(F)(F)F)cc3)cc2)n1. The highest BCUT2D eigenvalue weighted by Gasteiger charge is 2.29. The summed E-state index contributed by atoms with van der Waals surface area (Å²) in [6.45, 7) is 1.65. The molecular formula is C18H15F3N4O3S2. The van der Waals surface area contributed by atoms with Gasteiger partial charge in [-0.05, 0) is 48.9 Å². The van der Waals surface area contributed by atoms with Gasteiger partial charge >= 0.3 is 6.18 Å². The monoisotopic (exact) mass is 456 g/mol.